The summed E-state index contributed by atoms with van der Waals surface area (Å²) in [5.41, 5.74) is 6.60. The summed E-state index contributed by atoms with van der Waals surface area (Å²) in [6.07, 6.45) is 6.51. The summed E-state index contributed by atoms with van der Waals surface area (Å²) in [7, 11) is 0. The Morgan fingerprint density at radius 1 is 1.21 bits per heavy atom. The summed E-state index contributed by atoms with van der Waals surface area (Å²) in [4.78, 5) is 12.0. The molecule has 0 aliphatic heterocycles. The van der Waals surface area contributed by atoms with Crippen LogP contribution in [0.1, 0.15) is 42.5 Å². The van der Waals surface area contributed by atoms with Gasteiger partial charge in [0, 0.05) is 12.1 Å². The number of benzene rings is 1. The van der Waals surface area contributed by atoms with Crippen LogP contribution in [-0.2, 0) is 0 Å². The van der Waals surface area contributed by atoms with Crippen LogP contribution in [0.2, 0.25) is 0 Å². The van der Waals surface area contributed by atoms with Crippen molar-refractivity contribution in [2.24, 2.45) is 17.6 Å². The van der Waals surface area contributed by atoms with Crippen LogP contribution >= 0.6 is 0 Å². The van der Waals surface area contributed by atoms with Crippen molar-refractivity contribution in [3.05, 3.63) is 35.9 Å². The highest BCUT2D eigenvalue weighted by Gasteiger charge is 2.22. The highest BCUT2D eigenvalue weighted by molar-refractivity contribution is 5.94. The van der Waals surface area contributed by atoms with Crippen LogP contribution in [0.15, 0.2) is 30.3 Å². The highest BCUT2D eigenvalue weighted by Crippen LogP contribution is 2.29. The summed E-state index contributed by atoms with van der Waals surface area (Å²) in [5.74, 6) is 1.12. The summed E-state index contributed by atoms with van der Waals surface area (Å²) in [6.45, 7) is 1.37. The van der Waals surface area contributed by atoms with Crippen LogP contribution in [0.3, 0.4) is 0 Å². The molecule has 1 saturated carbocycles. The SMILES string of the molecule is NCC(CNC(=O)c1ccccc1)C1CCCCC1. The summed E-state index contributed by atoms with van der Waals surface area (Å²) in [5, 5.41) is 3.03. The van der Waals surface area contributed by atoms with E-state index in [1.165, 1.54) is 32.1 Å². The van der Waals surface area contributed by atoms with Gasteiger partial charge in [0.25, 0.3) is 5.91 Å². The van der Waals surface area contributed by atoms with Gasteiger partial charge in [-0.25, -0.2) is 0 Å². The monoisotopic (exact) mass is 260 g/mol. The van der Waals surface area contributed by atoms with E-state index in [1.807, 2.05) is 30.3 Å². The normalized spacial score (nSPS) is 17.9. The Balaban J connectivity index is 1.84. The van der Waals surface area contributed by atoms with Crippen molar-refractivity contribution >= 4 is 5.91 Å². The number of nitrogens with one attached hydrogen (secondary N) is 1. The van der Waals surface area contributed by atoms with E-state index in [9.17, 15) is 4.79 Å². The van der Waals surface area contributed by atoms with Crippen LogP contribution in [0.5, 0.6) is 0 Å². The lowest BCUT2D eigenvalue weighted by Gasteiger charge is -2.29. The summed E-state index contributed by atoms with van der Waals surface area (Å²) >= 11 is 0. The van der Waals surface area contributed by atoms with E-state index in [0.29, 0.717) is 24.9 Å². The second-order valence-electron chi connectivity index (χ2n) is 5.47. The minimum absolute atomic E-state index is 0.00913. The molecule has 1 fully saturated rings. The van der Waals surface area contributed by atoms with E-state index in [0.717, 1.165) is 5.56 Å². The van der Waals surface area contributed by atoms with Crippen molar-refractivity contribution in [2.45, 2.75) is 32.1 Å². The molecule has 0 spiro atoms. The second kappa shape index (κ2) is 7.29. The molecule has 1 aromatic rings. The molecule has 2 rings (SSSR count). The predicted molar refractivity (Wildman–Crippen MR) is 77.9 cm³/mol. The van der Waals surface area contributed by atoms with E-state index >= 15 is 0 Å². The molecule has 3 nitrogen and oxygen atoms in total. The molecule has 0 radical (unpaired) electrons. The topological polar surface area (TPSA) is 55.1 Å². The lowest BCUT2D eigenvalue weighted by Crippen LogP contribution is -2.37. The zero-order valence-electron chi connectivity index (χ0n) is 11.5. The molecule has 3 N–H and O–H groups in total. The molecule has 1 aliphatic rings. The zero-order valence-corrected chi connectivity index (χ0v) is 11.5. The second-order valence-corrected chi connectivity index (χ2v) is 5.47. The molecule has 0 heterocycles. The van der Waals surface area contributed by atoms with Crippen molar-refractivity contribution in [1.82, 2.24) is 5.32 Å². The maximum absolute atomic E-state index is 12.0. The predicted octanol–water partition coefficient (Wildman–Crippen LogP) is 2.57. The van der Waals surface area contributed by atoms with Crippen molar-refractivity contribution in [3.63, 3.8) is 0 Å². The van der Waals surface area contributed by atoms with Crippen LogP contribution < -0.4 is 11.1 Å². The maximum Gasteiger partial charge on any atom is 0.251 e. The lowest BCUT2D eigenvalue weighted by molar-refractivity contribution is 0.0939. The first-order chi connectivity index (χ1) is 9.31. The van der Waals surface area contributed by atoms with Crippen molar-refractivity contribution < 1.29 is 4.79 Å². The number of carbonyl (C=O) groups is 1. The van der Waals surface area contributed by atoms with E-state index in [4.69, 9.17) is 5.73 Å². The quantitative estimate of drug-likeness (QED) is 0.855. The number of hydrogen-bond acceptors (Lipinski definition) is 2. The van der Waals surface area contributed by atoms with Gasteiger partial charge in [0.1, 0.15) is 0 Å². The van der Waals surface area contributed by atoms with Crippen LogP contribution in [0.25, 0.3) is 0 Å². The Bertz CT molecular complexity index is 385. The molecule has 0 bridgehead atoms. The third-order valence-corrected chi connectivity index (χ3v) is 4.18. The number of hydrogen-bond donors (Lipinski definition) is 2. The molecule has 1 aliphatic carbocycles. The molecular formula is C16H24N2O. The first-order valence-electron chi connectivity index (χ1n) is 7.34. The maximum atomic E-state index is 12.0. The Kier molecular flexibility index (Phi) is 5.40. The van der Waals surface area contributed by atoms with Gasteiger partial charge in [0.15, 0.2) is 0 Å². The molecule has 0 aromatic heterocycles. The van der Waals surface area contributed by atoms with Gasteiger partial charge in [0.05, 0.1) is 0 Å². The van der Waals surface area contributed by atoms with Crippen molar-refractivity contribution in [3.8, 4) is 0 Å². The minimum Gasteiger partial charge on any atom is -0.352 e. The minimum atomic E-state index is 0.00913. The third kappa shape index (κ3) is 4.06. The summed E-state index contributed by atoms with van der Waals surface area (Å²) < 4.78 is 0. The van der Waals surface area contributed by atoms with Gasteiger partial charge in [-0.1, -0.05) is 50.3 Å². The standard InChI is InChI=1S/C16H24N2O/c17-11-15(13-7-3-1-4-8-13)12-18-16(19)14-9-5-2-6-10-14/h2,5-6,9-10,13,15H,1,3-4,7-8,11-12,17H2,(H,18,19). The fourth-order valence-electron chi connectivity index (χ4n) is 2.96. The smallest absolute Gasteiger partial charge is 0.251 e. The van der Waals surface area contributed by atoms with Crippen molar-refractivity contribution in [2.75, 3.05) is 13.1 Å². The van der Waals surface area contributed by atoms with Gasteiger partial charge < -0.3 is 11.1 Å². The molecule has 1 amide bonds. The molecular weight excluding hydrogens is 236 g/mol. The molecule has 1 atom stereocenters. The van der Waals surface area contributed by atoms with Crippen molar-refractivity contribution in [1.29, 1.82) is 0 Å². The first kappa shape index (κ1) is 14.1. The Hall–Kier alpha value is -1.35. The van der Waals surface area contributed by atoms with Crippen LogP contribution in [-0.4, -0.2) is 19.0 Å². The van der Waals surface area contributed by atoms with Gasteiger partial charge in [0.2, 0.25) is 0 Å². The van der Waals surface area contributed by atoms with Crippen LogP contribution in [0.4, 0.5) is 0 Å². The first-order valence-corrected chi connectivity index (χ1v) is 7.34. The Morgan fingerprint density at radius 2 is 1.89 bits per heavy atom. The number of carbonyl (C=O) groups excluding carboxylic acids is 1. The number of amides is 1. The van der Waals surface area contributed by atoms with Gasteiger partial charge in [-0.2, -0.15) is 0 Å². The molecule has 0 saturated heterocycles. The average Bonchev–Trinajstić information content (AvgIpc) is 2.49. The molecule has 1 unspecified atom stereocenters. The van der Waals surface area contributed by atoms with E-state index in [-0.39, 0.29) is 5.91 Å². The molecule has 3 heteroatoms. The highest BCUT2D eigenvalue weighted by atomic mass is 16.1. The largest absolute Gasteiger partial charge is 0.352 e. The fourth-order valence-corrected chi connectivity index (χ4v) is 2.96. The number of nitrogens with two attached hydrogens (primary N) is 1. The van der Waals surface area contributed by atoms with E-state index < -0.39 is 0 Å². The van der Waals surface area contributed by atoms with Gasteiger partial charge in [-0.15, -0.1) is 0 Å². The van der Waals surface area contributed by atoms with Gasteiger partial charge in [-0.05, 0) is 30.5 Å². The molecule has 104 valence electrons. The third-order valence-electron chi connectivity index (χ3n) is 4.18. The Labute approximate surface area is 115 Å². The Morgan fingerprint density at radius 3 is 2.53 bits per heavy atom. The molecule has 1 aromatic carbocycles. The summed E-state index contributed by atoms with van der Waals surface area (Å²) in [6, 6.07) is 9.37. The zero-order chi connectivity index (χ0) is 13.5. The van der Waals surface area contributed by atoms with Gasteiger partial charge >= 0.3 is 0 Å². The molecule has 19 heavy (non-hydrogen) atoms. The van der Waals surface area contributed by atoms with Crippen LogP contribution in [0, 0.1) is 11.8 Å². The van der Waals surface area contributed by atoms with E-state index in [2.05, 4.69) is 5.32 Å². The van der Waals surface area contributed by atoms with E-state index in [1.54, 1.807) is 0 Å². The number of rotatable bonds is 5. The lowest BCUT2D eigenvalue weighted by atomic mass is 9.80. The fraction of sp³-hybridized carbons (Fsp3) is 0.562. The van der Waals surface area contributed by atoms with Gasteiger partial charge in [-0.3, -0.25) is 4.79 Å². The average molecular weight is 260 g/mol.